The second-order valence-electron chi connectivity index (χ2n) is 7.77. The van der Waals surface area contributed by atoms with Crippen LogP contribution in [0.15, 0.2) is 36.4 Å². The molecule has 0 atom stereocenters. The van der Waals surface area contributed by atoms with E-state index in [1.165, 1.54) is 6.07 Å². The van der Waals surface area contributed by atoms with Gasteiger partial charge in [0.2, 0.25) is 6.79 Å². The molecule has 0 aromatic heterocycles. The molecule has 6 nitrogen and oxygen atoms in total. The number of fused-ring (bicyclic) bond motifs is 1. The Morgan fingerprint density at radius 2 is 1.94 bits per heavy atom. The van der Waals surface area contributed by atoms with Gasteiger partial charge in [-0.25, -0.2) is 4.39 Å². The third-order valence-electron chi connectivity index (χ3n) is 5.82. The number of nitrogens with one attached hydrogen (secondary N) is 1. The first-order valence-corrected chi connectivity index (χ1v) is 10.3. The number of methoxy groups -OCH3 is 1. The Morgan fingerprint density at radius 1 is 1.16 bits per heavy atom. The Kier molecular flexibility index (Phi) is 7.98. The van der Waals surface area contributed by atoms with Crippen molar-refractivity contribution in [3.63, 3.8) is 0 Å². The van der Waals surface area contributed by atoms with E-state index < -0.39 is 0 Å². The number of likely N-dealkylation sites (tertiary alicyclic amines) is 1. The lowest BCUT2D eigenvalue weighted by atomic mass is 9.90. The Labute approximate surface area is 188 Å². The molecule has 31 heavy (non-hydrogen) atoms. The minimum absolute atomic E-state index is 0. The second kappa shape index (κ2) is 10.7. The second-order valence-corrected chi connectivity index (χ2v) is 7.77. The number of nitrogens with zero attached hydrogens (tertiary/aromatic N) is 1. The first kappa shape index (κ1) is 23.2. The van der Waals surface area contributed by atoms with Crippen LogP contribution in [0.5, 0.6) is 17.2 Å². The van der Waals surface area contributed by atoms with Crippen molar-refractivity contribution in [2.24, 2.45) is 5.92 Å². The summed E-state index contributed by atoms with van der Waals surface area (Å²) in [6, 6.07) is 10.1. The number of carbonyl (C=O) groups excluding carboxylic acids is 1. The summed E-state index contributed by atoms with van der Waals surface area (Å²) in [5.41, 5.74) is 1.29. The molecule has 0 radical (unpaired) electrons. The number of hydrogen-bond acceptors (Lipinski definition) is 5. The summed E-state index contributed by atoms with van der Waals surface area (Å²) in [4.78, 5) is 14.7. The monoisotopic (exact) mass is 450 g/mol. The Balaban J connectivity index is 0.00000272. The van der Waals surface area contributed by atoms with E-state index in [9.17, 15) is 9.18 Å². The SMILES string of the molecule is COc1ccc(F)c(CC2CCN(CCNC(=O)c3ccc4c(c3)OCO4)CC2)c1.Cl. The highest BCUT2D eigenvalue weighted by Crippen LogP contribution is 2.32. The molecule has 8 heteroatoms. The van der Waals surface area contributed by atoms with E-state index >= 15 is 0 Å². The molecule has 1 saturated heterocycles. The molecule has 2 aliphatic heterocycles. The first-order valence-electron chi connectivity index (χ1n) is 10.3. The van der Waals surface area contributed by atoms with Crippen LogP contribution in [0.4, 0.5) is 4.39 Å². The molecule has 4 rings (SSSR count). The van der Waals surface area contributed by atoms with Crippen LogP contribution in [-0.2, 0) is 6.42 Å². The highest BCUT2D eigenvalue weighted by molar-refractivity contribution is 5.94. The molecule has 0 bridgehead atoms. The maximum atomic E-state index is 14.1. The van der Waals surface area contributed by atoms with Gasteiger partial charge in [-0.05, 0) is 80.2 Å². The lowest BCUT2D eigenvalue weighted by molar-refractivity contribution is 0.0943. The Bertz CT molecular complexity index is 903. The number of carbonyl (C=O) groups is 1. The summed E-state index contributed by atoms with van der Waals surface area (Å²) in [7, 11) is 1.60. The molecular formula is C23H28ClFN2O4. The van der Waals surface area contributed by atoms with Crippen LogP contribution < -0.4 is 19.5 Å². The van der Waals surface area contributed by atoms with Crippen LogP contribution in [0.25, 0.3) is 0 Å². The lowest BCUT2D eigenvalue weighted by Gasteiger charge is -2.32. The van der Waals surface area contributed by atoms with E-state index in [4.69, 9.17) is 14.2 Å². The van der Waals surface area contributed by atoms with Gasteiger partial charge in [0.15, 0.2) is 11.5 Å². The van der Waals surface area contributed by atoms with Crippen molar-refractivity contribution in [1.82, 2.24) is 10.2 Å². The molecule has 0 unspecified atom stereocenters. The smallest absolute Gasteiger partial charge is 0.251 e. The predicted molar refractivity (Wildman–Crippen MR) is 118 cm³/mol. The van der Waals surface area contributed by atoms with Crippen molar-refractivity contribution in [3.05, 3.63) is 53.3 Å². The van der Waals surface area contributed by atoms with Crippen molar-refractivity contribution in [1.29, 1.82) is 0 Å². The normalized spacial score (nSPS) is 15.9. The number of piperidine rings is 1. The van der Waals surface area contributed by atoms with Gasteiger partial charge in [0, 0.05) is 18.7 Å². The fraction of sp³-hybridized carbons (Fsp3) is 0.435. The molecule has 2 heterocycles. The number of amides is 1. The molecule has 2 aliphatic rings. The van der Waals surface area contributed by atoms with Crippen molar-refractivity contribution >= 4 is 18.3 Å². The van der Waals surface area contributed by atoms with Gasteiger partial charge in [-0.1, -0.05) is 0 Å². The van der Waals surface area contributed by atoms with E-state index in [0.717, 1.165) is 44.5 Å². The Hall–Kier alpha value is -2.51. The topological polar surface area (TPSA) is 60.0 Å². The number of hydrogen-bond donors (Lipinski definition) is 1. The predicted octanol–water partition coefficient (Wildman–Crippen LogP) is 3.67. The van der Waals surface area contributed by atoms with Crippen LogP contribution >= 0.6 is 12.4 Å². The first-order chi connectivity index (χ1) is 14.6. The summed E-state index contributed by atoms with van der Waals surface area (Å²) in [5.74, 6) is 2.16. The van der Waals surface area contributed by atoms with Gasteiger partial charge >= 0.3 is 0 Å². The number of halogens is 2. The zero-order chi connectivity index (χ0) is 20.9. The van der Waals surface area contributed by atoms with Gasteiger partial charge in [-0.15, -0.1) is 12.4 Å². The molecule has 2 aromatic rings. The van der Waals surface area contributed by atoms with Crippen molar-refractivity contribution < 1.29 is 23.4 Å². The minimum atomic E-state index is -0.163. The molecule has 168 valence electrons. The standard InChI is InChI=1S/C23H27FN2O4.ClH/c1-28-19-3-4-20(24)18(13-19)12-16-6-9-26(10-7-16)11-8-25-23(27)17-2-5-21-22(14-17)30-15-29-21;/h2-5,13-14,16H,6-12,15H2,1H3,(H,25,27);1H. The fourth-order valence-electron chi connectivity index (χ4n) is 4.03. The third kappa shape index (κ3) is 5.80. The highest BCUT2D eigenvalue weighted by atomic mass is 35.5. The van der Waals surface area contributed by atoms with Crippen LogP contribution in [-0.4, -0.2) is 50.9 Å². The summed E-state index contributed by atoms with van der Waals surface area (Å²) < 4.78 is 29.9. The average Bonchev–Trinajstić information content (AvgIpc) is 3.24. The summed E-state index contributed by atoms with van der Waals surface area (Å²) >= 11 is 0. The van der Waals surface area contributed by atoms with Crippen LogP contribution in [0, 0.1) is 11.7 Å². The summed E-state index contributed by atoms with van der Waals surface area (Å²) in [6.07, 6.45) is 2.78. The molecule has 0 spiro atoms. The highest BCUT2D eigenvalue weighted by Gasteiger charge is 2.21. The summed E-state index contributed by atoms with van der Waals surface area (Å²) in [5, 5.41) is 2.97. The van der Waals surface area contributed by atoms with E-state index in [2.05, 4.69) is 10.2 Å². The molecule has 1 amide bonds. The number of benzene rings is 2. The van der Waals surface area contributed by atoms with Gasteiger partial charge in [-0.2, -0.15) is 0 Å². The largest absolute Gasteiger partial charge is 0.497 e. The van der Waals surface area contributed by atoms with Gasteiger partial charge in [0.25, 0.3) is 5.91 Å². The maximum Gasteiger partial charge on any atom is 0.251 e. The van der Waals surface area contributed by atoms with Crippen LogP contribution in [0.3, 0.4) is 0 Å². The van der Waals surface area contributed by atoms with Gasteiger partial charge in [0.1, 0.15) is 11.6 Å². The zero-order valence-electron chi connectivity index (χ0n) is 17.6. The zero-order valence-corrected chi connectivity index (χ0v) is 18.4. The molecule has 1 fully saturated rings. The third-order valence-corrected chi connectivity index (χ3v) is 5.82. The molecule has 0 aliphatic carbocycles. The van der Waals surface area contributed by atoms with E-state index in [-0.39, 0.29) is 30.9 Å². The number of rotatable bonds is 7. The van der Waals surface area contributed by atoms with Crippen molar-refractivity contribution in [3.8, 4) is 17.2 Å². The van der Waals surface area contributed by atoms with Gasteiger partial charge in [-0.3, -0.25) is 4.79 Å². The fourth-order valence-corrected chi connectivity index (χ4v) is 4.03. The van der Waals surface area contributed by atoms with E-state index in [1.54, 1.807) is 37.4 Å². The quantitative estimate of drug-likeness (QED) is 0.697. The average molecular weight is 451 g/mol. The van der Waals surface area contributed by atoms with Crippen LogP contribution in [0.1, 0.15) is 28.8 Å². The number of ether oxygens (including phenoxy) is 3. The van der Waals surface area contributed by atoms with E-state index in [0.29, 0.717) is 35.3 Å². The lowest BCUT2D eigenvalue weighted by Crippen LogP contribution is -2.40. The molecular weight excluding hydrogens is 423 g/mol. The van der Waals surface area contributed by atoms with E-state index in [1.807, 2.05) is 0 Å². The van der Waals surface area contributed by atoms with Crippen molar-refractivity contribution in [2.45, 2.75) is 19.3 Å². The van der Waals surface area contributed by atoms with Crippen molar-refractivity contribution in [2.75, 3.05) is 40.1 Å². The Morgan fingerprint density at radius 3 is 2.71 bits per heavy atom. The minimum Gasteiger partial charge on any atom is -0.497 e. The molecule has 0 saturated carbocycles. The van der Waals surface area contributed by atoms with Crippen LogP contribution in [0.2, 0.25) is 0 Å². The van der Waals surface area contributed by atoms with Gasteiger partial charge in [0.05, 0.1) is 7.11 Å². The summed E-state index contributed by atoms with van der Waals surface area (Å²) in [6.45, 7) is 3.49. The molecule has 2 aromatic carbocycles. The van der Waals surface area contributed by atoms with Gasteiger partial charge < -0.3 is 24.4 Å². The maximum absolute atomic E-state index is 14.1. The molecule has 1 N–H and O–H groups in total.